The molecule has 1 amide bonds. The first kappa shape index (κ1) is 22.4. The van der Waals surface area contributed by atoms with Gasteiger partial charge in [0.15, 0.2) is 0 Å². The molecule has 0 radical (unpaired) electrons. The molecule has 0 atom stereocenters. The zero-order valence-corrected chi connectivity index (χ0v) is 17.2. The van der Waals surface area contributed by atoms with Crippen LogP contribution in [0.4, 0.5) is 5.69 Å². The van der Waals surface area contributed by atoms with E-state index >= 15 is 0 Å². The van der Waals surface area contributed by atoms with E-state index in [9.17, 15) is 13.2 Å². The number of likely N-dealkylation sites (N-methyl/N-ethyl adjacent to an activating group) is 1. The minimum Gasteiger partial charge on any atom is -0.492 e. The highest BCUT2D eigenvalue weighted by Gasteiger charge is 2.26. The molecule has 0 heterocycles. The van der Waals surface area contributed by atoms with E-state index in [1.807, 2.05) is 18.7 Å². The average molecular weight is 386 g/mol. The number of hydrogen-bond donors (Lipinski definition) is 1. The third kappa shape index (κ3) is 5.69. The molecule has 1 aromatic carbocycles. The van der Waals surface area contributed by atoms with Crippen molar-refractivity contribution in [2.45, 2.75) is 39.5 Å². The van der Waals surface area contributed by atoms with Gasteiger partial charge in [0, 0.05) is 18.8 Å². The first-order valence-corrected chi connectivity index (χ1v) is 10.6. The summed E-state index contributed by atoms with van der Waals surface area (Å²) < 4.78 is 32.7. The molecule has 8 heteroatoms. The van der Waals surface area contributed by atoms with Gasteiger partial charge >= 0.3 is 0 Å². The quantitative estimate of drug-likeness (QED) is 0.633. The number of ether oxygens (including phenoxy) is 1. The summed E-state index contributed by atoms with van der Waals surface area (Å²) in [6.45, 7) is 12.2. The number of nitrogens with one attached hydrogen (secondary N) is 1. The van der Waals surface area contributed by atoms with E-state index in [1.165, 1.54) is 10.4 Å². The van der Waals surface area contributed by atoms with E-state index in [-0.39, 0.29) is 17.3 Å². The molecule has 148 valence electrons. The van der Waals surface area contributed by atoms with Gasteiger partial charge in [0.25, 0.3) is 0 Å². The lowest BCUT2D eigenvalue weighted by atomic mass is 10.3. The lowest BCUT2D eigenvalue weighted by Crippen LogP contribution is -2.33. The maximum atomic E-state index is 12.9. The number of hydrogen-bond acceptors (Lipinski definition) is 5. The minimum atomic E-state index is -3.70. The van der Waals surface area contributed by atoms with Crippen molar-refractivity contribution in [3.05, 3.63) is 18.2 Å². The molecule has 0 aliphatic rings. The molecule has 0 bridgehead atoms. The second-order valence-corrected chi connectivity index (χ2v) is 7.60. The molecule has 0 aromatic heterocycles. The highest BCUT2D eigenvalue weighted by molar-refractivity contribution is 7.89. The molecule has 0 spiro atoms. The van der Waals surface area contributed by atoms with Crippen molar-refractivity contribution in [1.82, 2.24) is 9.21 Å². The summed E-state index contributed by atoms with van der Waals surface area (Å²) in [5, 5.41) is 2.78. The van der Waals surface area contributed by atoms with Gasteiger partial charge in [-0.1, -0.05) is 27.7 Å². The summed E-state index contributed by atoms with van der Waals surface area (Å²) in [4.78, 5) is 14.3. The highest BCUT2D eigenvalue weighted by Crippen LogP contribution is 2.30. The van der Waals surface area contributed by atoms with Crippen LogP contribution in [0.3, 0.4) is 0 Å². The van der Waals surface area contributed by atoms with Crippen LogP contribution in [0, 0.1) is 0 Å². The van der Waals surface area contributed by atoms with Crippen molar-refractivity contribution >= 4 is 21.6 Å². The number of sulfonamides is 1. The lowest BCUT2D eigenvalue weighted by molar-refractivity contribution is -0.117. The monoisotopic (exact) mass is 385 g/mol. The maximum absolute atomic E-state index is 12.9. The smallest absolute Gasteiger partial charge is 0.246 e. The number of anilines is 1. The van der Waals surface area contributed by atoms with Crippen LogP contribution in [0.25, 0.3) is 0 Å². The van der Waals surface area contributed by atoms with E-state index in [4.69, 9.17) is 4.74 Å². The number of nitrogens with zero attached hydrogens (tertiary/aromatic N) is 2. The van der Waals surface area contributed by atoms with Crippen LogP contribution in [-0.2, 0) is 14.8 Å². The van der Waals surface area contributed by atoms with E-state index < -0.39 is 10.0 Å². The van der Waals surface area contributed by atoms with E-state index in [0.29, 0.717) is 31.1 Å². The average Bonchev–Trinajstić information content (AvgIpc) is 2.61. The van der Waals surface area contributed by atoms with Crippen LogP contribution in [0.1, 0.15) is 34.6 Å². The molecule has 0 fully saturated rings. The van der Waals surface area contributed by atoms with Crippen LogP contribution < -0.4 is 10.1 Å². The van der Waals surface area contributed by atoms with Gasteiger partial charge in [0.2, 0.25) is 15.9 Å². The molecule has 1 N–H and O–H groups in total. The van der Waals surface area contributed by atoms with Gasteiger partial charge in [-0.15, -0.1) is 0 Å². The van der Waals surface area contributed by atoms with Crippen molar-refractivity contribution in [2.24, 2.45) is 0 Å². The molecule has 1 rings (SSSR count). The Bertz CT molecular complexity index is 684. The summed E-state index contributed by atoms with van der Waals surface area (Å²) in [7, 11) is -3.70. The Balaban J connectivity index is 3.17. The minimum absolute atomic E-state index is 0.0729. The molecular formula is C18H31N3O4S. The van der Waals surface area contributed by atoms with Gasteiger partial charge in [-0.05, 0) is 38.2 Å². The van der Waals surface area contributed by atoms with Gasteiger partial charge < -0.3 is 10.1 Å². The Labute approximate surface area is 157 Å². The van der Waals surface area contributed by atoms with Crippen LogP contribution in [-0.4, -0.2) is 62.9 Å². The number of carbonyl (C=O) groups excluding carboxylic acids is 1. The van der Waals surface area contributed by atoms with Gasteiger partial charge in [-0.2, -0.15) is 4.31 Å². The van der Waals surface area contributed by atoms with Gasteiger partial charge in [-0.3, -0.25) is 9.69 Å². The molecule has 0 unspecified atom stereocenters. The summed E-state index contributed by atoms with van der Waals surface area (Å²) >= 11 is 0. The fraction of sp³-hybridized carbons (Fsp3) is 0.611. The summed E-state index contributed by atoms with van der Waals surface area (Å²) in [6, 6.07) is 4.72. The second-order valence-electron chi connectivity index (χ2n) is 5.69. The van der Waals surface area contributed by atoms with Crippen molar-refractivity contribution in [3.8, 4) is 5.75 Å². The van der Waals surface area contributed by atoms with Crippen molar-refractivity contribution in [2.75, 3.05) is 44.6 Å². The van der Waals surface area contributed by atoms with Crippen LogP contribution in [0.15, 0.2) is 23.1 Å². The Morgan fingerprint density at radius 2 is 1.65 bits per heavy atom. The first-order valence-electron chi connectivity index (χ1n) is 9.13. The molecule has 26 heavy (non-hydrogen) atoms. The van der Waals surface area contributed by atoms with Gasteiger partial charge in [0.05, 0.1) is 13.2 Å². The molecule has 0 aliphatic carbocycles. The topological polar surface area (TPSA) is 79.0 Å². The van der Waals surface area contributed by atoms with Crippen molar-refractivity contribution in [3.63, 3.8) is 0 Å². The predicted molar refractivity (Wildman–Crippen MR) is 104 cm³/mol. The standard InChI is InChI=1S/C18H31N3O4S/c1-6-20(7-2)14-18(22)19-15-11-12-16(25-10-5)17(13-15)26(23,24)21(8-3)9-4/h11-13H,6-10,14H2,1-5H3,(H,19,22). The fourth-order valence-corrected chi connectivity index (χ4v) is 4.23. The number of benzene rings is 1. The van der Waals surface area contributed by atoms with Crippen LogP contribution in [0.5, 0.6) is 5.75 Å². The summed E-state index contributed by atoms with van der Waals surface area (Å²) in [5.41, 5.74) is 0.441. The fourth-order valence-electron chi connectivity index (χ4n) is 2.62. The van der Waals surface area contributed by atoms with E-state index in [0.717, 1.165) is 13.1 Å². The Morgan fingerprint density at radius 3 is 2.15 bits per heavy atom. The van der Waals surface area contributed by atoms with Crippen LogP contribution in [0.2, 0.25) is 0 Å². The molecule has 0 aliphatic heterocycles. The second kappa shape index (κ2) is 10.5. The predicted octanol–water partition coefficient (Wildman–Crippen LogP) is 2.40. The lowest BCUT2D eigenvalue weighted by Gasteiger charge is -2.21. The zero-order valence-electron chi connectivity index (χ0n) is 16.4. The number of rotatable bonds is 11. The van der Waals surface area contributed by atoms with E-state index in [2.05, 4.69) is 5.32 Å². The molecule has 7 nitrogen and oxygen atoms in total. The number of carbonyl (C=O) groups is 1. The van der Waals surface area contributed by atoms with Gasteiger partial charge in [-0.25, -0.2) is 8.42 Å². The Kier molecular flexibility index (Phi) is 9.04. The largest absolute Gasteiger partial charge is 0.492 e. The first-order chi connectivity index (χ1) is 12.3. The third-order valence-corrected chi connectivity index (χ3v) is 6.18. The molecular weight excluding hydrogens is 354 g/mol. The molecule has 0 saturated heterocycles. The van der Waals surface area contributed by atoms with E-state index in [1.54, 1.807) is 32.9 Å². The summed E-state index contributed by atoms with van der Waals surface area (Å²) in [5.74, 6) is 0.116. The molecule has 0 saturated carbocycles. The zero-order chi connectivity index (χ0) is 19.7. The Morgan fingerprint density at radius 1 is 1.04 bits per heavy atom. The molecule has 1 aromatic rings. The third-order valence-electron chi connectivity index (χ3n) is 4.11. The Hall–Kier alpha value is -1.64. The van der Waals surface area contributed by atoms with Crippen LogP contribution >= 0.6 is 0 Å². The number of amides is 1. The maximum Gasteiger partial charge on any atom is 0.246 e. The van der Waals surface area contributed by atoms with Crippen molar-refractivity contribution < 1.29 is 17.9 Å². The van der Waals surface area contributed by atoms with Crippen molar-refractivity contribution in [1.29, 1.82) is 0 Å². The van der Waals surface area contributed by atoms with Gasteiger partial charge in [0.1, 0.15) is 10.6 Å². The highest BCUT2D eigenvalue weighted by atomic mass is 32.2. The normalized spacial score (nSPS) is 11.8. The summed E-state index contributed by atoms with van der Waals surface area (Å²) in [6.07, 6.45) is 0. The SMILES string of the molecule is CCOc1ccc(NC(=O)CN(CC)CC)cc1S(=O)(=O)N(CC)CC.